The van der Waals surface area contributed by atoms with Gasteiger partial charge in [-0.15, -0.1) is 0 Å². The van der Waals surface area contributed by atoms with Gasteiger partial charge in [0, 0.05) is 24.0 Å². The fourth-order valence-electron chi connectivity index (χ4n) is 1.46. The predicted molar refractivity (Wildman–Crippen MR) is 63.3 cm³/mol. The number of methoxy groups -OCH3 is 1. The molecule has 0 bridgehead atoms. The number of halogens is 4. The first-order chi connectivity index (χ1) is 9.38. The molecule has 8 heteroatoms. The molecule has 1 aromatic heterocycles. The highest BCUT2D eigenvalue weighted by atomic mass is 19.4. The Balaban J connectivity index is 2.28. The minimum absolute atomic E-state index is 0.182. The molecule has 1 aromatic carbocycles. The van der Waals surface area contributed by atoms with Crippen LogP contribution >= 0.6 is 0 Å². The molecule has 0 saturated carbocycles. The average molecular weight is 287 g/mol. The Morgan fingerprint density at radius 3 is 2.60 bits per heavy atom. The number of rotatable bonds is 3. The normalized spacial score (nSPS) is 11.2. The van der Waals surface area contributed by atoms with Crippen molar-refractivity contribution >= 4 is 11.6 Å². The van der Waals surface area contributed by atoms with Crippen LogP contribution in [0.15, 0.2) is 30.5 Å². The van der Waals surface area contributed by atoms with E-state index >= 15 is 0 Å². The van der Waals surface area contributed by atoms with E-state index in [0.29, 0.717) is 0 Å². The van der Waals surface area contributed by atoms with Crippen LogP contribution in [-0.4, -0.2) is 17.1 Å². The summed E-state index contributed by atoms with van der Waals surface area (Å²) >= 11 is 0. The summed E-state index contributed by atoms with van der Waals surface area (Å²) in [5, 5.41) is 2.49. The van der Waals surface area contributed by atoms with Gasteiger partial charge in [-0.1, -0.05) is 0 Å². The first-order valence-electron chi connectivity index (χ1n) is 5.40. The molecule has 20 heavy (non-hydrogen) atoms. The third-order valence-corrected chi connectivity index (χ3v) is 2.31. The molecular formula is C12H9F4N3O. The van der Waals surface area contributed by atoms with Gasteiger partial charge < -0.3 is 10.1 Å². The number of hydrogen-bond donors (Lipinski definition) is 1. The lowest BCUT2D eigenvalue weighted by Crippen LogP contribution is -2.10. The number of nitrogens with zero attached hydrogens (tertiary/aromatic N) is 2. The second-order valence-electron chi connectivity index (χ2n) is 3.77. The van der Waals surface area contributed by atoms with Crippen molar-refractivity contribution in [2.24, 2.45) is 0 Å². The maximum Gasteiger partial charge on any atom is 0.433 e. The molecule has 4 nitrogen and oxygen atoms in total. The van der Waals surface area contributed by atoms with Crippen LogP contribution in [0.1, 0.15) is 5.69 Å². The van der Waals surface area contributed by atoms with E-state index in [4.69, 9.17) is 4.74 Å². The summed E-state index contributed by atoms with van der Waals surface area (Å²) in [6.45, 7) is 0. The van der Waals surface area contributed by atoms with Crippen LogP contribution in [0.25, 0.3) is 0 Å². The fourth-order valence-corrected chi connectivity index (χ4v) is 1.46. The standard InChI is InChI=1S/C12H9F4N3O/c1-20-9-5-7(13)4-8(6-9)18-11-17-3-2-10(19-11)12(14,15)16/h2-6H,1H3,(H,17,18,19). The van der Waals surface area contributed by atoms with Crippen molar-refractivity contribution in [1.29, 1.82) is 0 Å². The Bertz CT molecular complexity index is 616. The van der Waals surface area contributed by atoms with Gasteiger partial charge in [0.15, 0.2) is 0 Å². The molecule has 0 fully saturated rings. The fraction of sp³-hybridized carbons (Fsp3) is 0.167. The number of alkyl halides is 3. The number of hydrogen-bond acceptors (Lipinski definition) is 4. The van der Waals surface area contributed by atoms with Crippen LogP contribution in [0.2, 0.25) is 0 Å². The molecule has 0 amide bonds. The van der Waals surface area contributed by atoms with E-state index in [1.807, 2.05) is 0 Å². The monoisotopic (exact) mass is 287 g/mol. The van der Waals surface area contributed by atoms with Gasteiger partial charge in [-0.05, 0) is 12.1 Å². The molecule has 2 rings (SSSR count). The lowest BCUT2D eigenvalue weighted by molar-refractivity contribution is -0.141. The summed E-state index contributed by atoms with van der Waals surface area (Å²) in [5.41, 5.74) is -0.903. The Hall–Kier alpha value is -2.38. The maximum absolute atomic E-state index is 13.2. The lowest BCUT2D eigenvalue weighted by atomic mass is 10.3. The summed E-state index contributed by atoms with van der Waals surface area (Å²) in [5.74, 6) is -0.661. The summed E-state index contributed by atoms with van der Waals surface area (Å²) < 4.78 is 55.6. The van der Waals surface area contributed by atoms with E-state index in [1.54, 1.807) is 0 Å². The summed E-state index contributed by atoms with van der Waals surface area (Å²) in [4.78, 5) is 6.96. The zero-order valence-corrected chi connectivity index (χ0v) is 10.2. The maximum atomic E-state index is 13.2. The number of anilines is 2. The van der Waals surface area contributed by atoms with Crippen LogP contribution < -0.4 is 10.1 Å². The van der Waals surface area contributed by atoms with Crippen LogP contribution in [0.5, 0.6) is 5.75 Å². The van der Waals surface area contributed by atoms with Gasteiger partial charge in [0.25, 0.3) is 0 Å². The van der Waals surface area contributed by atoms with Crippen molar-refractivity contribution in [3.63, 3.8) is 0 Å². The molecule has 1 heterocycles. The molecule has 0 aliphatic carbocycles. The van der Waals surface area contributed by atoms with Crippen molar-refractivity contribution in [2.75, 3.05) is 12.4 Å². The van der Waals surface area contributed by atoms with E-state index in [0.717, 1.165) is 24.4 Å². The minimum atomic E-state index is -4.57. The van der Waals surface area contributed by atoms with Crippen LogP contribution in [0.4, 0.5) is 29.2 Å². The van der Waals surface area contributed by atoms with E-state index in [1.165, 1.54) is 13.2 Å². The SMILES string of the molecule is COc1cc(F)cc(Nc2nccc(C(F)(F)F)n2)c1. The molecule has 1 N–H and O–H groups in total. The highest BCUT2D eigenvalue weighted by molar-refractivity contribution is 5.56. The number of nitrogens with one attached hydrogen (secondary N) is 1. The molecule has 0 radical (unpaired) electrons. The van der Waals surface area contributed by atoms with E-state index in [2.05, 4.69) is 15.3 Å². The van der Waals surface area contributed by atoms with E-state index in [9.17, 15) is 17.6 Å². The highest BCUT2D eigenvalue weighted by Gasteiger charge is 2.32. The van der Waals surface area contributed by atoms with Crippen LogP contribution in [0, 0.1) is 5.82 Å². The Morgan fingerprint density at radius 2 is 1.95 bits per heavy atom. The number of ether oxygens (including phenoxy) is 1. The second kappa shape index (κ2) is 5.32. The molecule has 0 unspecified atom stereocenters. The quantitative estimate of drug-likeness (QED) is 0.879. The van der Waals surface area contributed by atoms with Gasteiger partial charge in [0.1, 0.15) is 17.3 Å². The molecule has 0 atom stereocenters. The topological polar surface area (TPSA) is 47.0 Å². The van der Waals surface area contributed by atoms with Crippen LogP contribution in [0.3, 0.4) is 0 Å². The molecule has 0 aliphatic rings. The van der Waals surface area contributed by atoms with Crippen molar-refractivity contribution in [2.45, 2.75) is 6.18 Å². The molecule has 2 aromatic rings. The van der Waals surface area contributed by atoms with Gasteiger partial charge >= 0.3 is 6.18 Å². The third kappa shape index (κ3) is 3.34. The largest absolute Gasteiger partial charge is 0.497 e. The Morgan fingerprint density at radius 1 is 1.20 bits per heavy atom. The molecule has 0 spiro atoms. The highest BCUT2D eigenvalue weighted by Crippen LogP contribution is 2.28. The molecular weight excluding hydrogens is 278 g/mol. The summed E-state index contributed by atoms with van der Waals surface area (Å²) in [6, 6.07) is 4.38. The number of benzene rings is 1. The molecule has 106 valence electrons. The Kier molecular flexibility index (Phi) is 3.73. The van der Waals surface area contributed by atoms with Gasteiger partial charge in [-0.3, -0.25) is 0 Å². The average Bonchev–Trinajstić information content (AvgIpc) is 2.37. The minimum Gasteiger partial charge on any atom is -0.497 e. The zero-order valence-electron chi connectivity index (χ0n) is 10.2. The van der Waals surface area contributed by atoms with Crippen molar-refractivity contribution in [1.82, 2.24) is 9.97 Å². The van der Waals surface area contributed by atoms with E-state index in [-0.39, 0.29) is 17.4 Å². The summed E-state index contributed by atoms with van der Waals surface area (Å²) in [6.07, 6.45) is -3.60. The Labute approximate surface area is 111 Å². The van der Waals surface area contributed by atoms with Gasteiger partial charge in [0.05, 0.1) is 7.11 Å². The van der Waals surface area contributed by atoms with Crippen molar-refractivity contribution < 1.29 is 22.3 Å². The number of aromatic nitrogens is 2. The van der Waals surface area contributed by atoms with Gasteiger partial charge in [0.2, 0.25) is 5.95 Å². The predicted octanol–water partition coefficient (Wildman–Crippen LogP) is 3.39. The van der Waals surface area contributed by atoms with Crippen LogP contribution in [-0.2, 0) is 6.18 Å². The van der Waals surface area contributed by atoms with Gasteiger partial charge in [-0.25, -0.2) is 14.4 Å². The molecule has 0 saturated heterocycles. The van der Waals surface area contributed by atoms with Gasteiger partial charge in [-0.2, -0.15) is 13.2 Å². The first-order valence-corrected chi connectivity index (χ1v) is 5.40. The zero-order chi connectivity index (χ0) is 14.8. The van der Waals surface area contributed by atoms with Crippen molar-refractivity contribution in [3.8, 4) is 5.75 Å². The van der Waals surface area contributed by atoms with E-state index < -0.39 is 17.7 Å². The third-order valence-electron chi connectivity index (χ3n) is 2.31. The second-order valence-corrected chi connectivity index (χ2v) is 3.77. The summed E-state index contributed by atoms with van der Waals surface area (Å²) in [7, 11) is 1.35. The first kappa shape index (κ1) is 14.0. The molecule has 0 aliphatic heterocycles. The lowest BCUT2D eigenvalue weighted by Gasteiger charge is -2.09. The van der Waals surface area contributed by atoms with Crippen molar-refractivity contribution in [3.05, 3.63) is 42.0 Å². The smallest absolute Gasteiger partial charge is 0.433 e.